The van der Waals surface area contributed by atoms with Gasteiger partial charge in [0.25, 0.3) is 0 Å². The Kier molecular flexibility index (Phi) is 10.1. The van der Waals surface area contributed by atoms with Gasteiger partial charge >= 0.3 is 0 Å². The van der Waals surface area contributed by atoms with Crippen LogP contribution in [-0.4, -0.2) is 53.1 Å². The molecule has 1 aliphatic rings. The molecular weight excluding hydrogens is 433 g/mol. The van der Waals surface area contributed by atoms with Crippen LogP contribution < -0.4 is 5.32 Å². The van der Waals surface area contributed by atoms with Crippen molar-refractivity contribution in [1.82, 2.24) is 10.2 Å². The van der Waals surface area contributed by atoms with Gasteiger partial charge in [0, 0.05) is 30.6 Å². The number of hydrogen-bond donors (Lipinski definition) is 2. The van der Waals surface area contributed by atoms with E-state index < -0.39 is 6.10 Å². The largest absolute Gasteiger partial charge is 0.386 e. The van der Waals surface area contributed by atoms with Crippen LogP contribution >= 0.6 is 35.7 Å². The normalized spacial score (nSPS) is 19.6. The van der Waals surface area contributed by atoms with Crippen LogP contribution in [0.5, 0.6) is 0 Å². The number of guanidine groups is 1. The molecule has 1 saturated heterocycles. The third-order valence-corrected chi connectivity index (χ3v) is 5.48. The molecule has 0 saturated carbocycles. The monoisotopic (exact) mass is 463 g/mol. The Balaban J connectivity index is 0.00000288. The number of benzene rings is 1. The zero-order valence-electron chi connectivity index (χ0n) is 14.9. The molecule has 0 aromatic heterocycles. The molecule has 1 heterocycles. The van der Waals surface area contributed by atoms with Gasteiger partial charge in [-0.05, 0) is 25.8 Å². The Bertz CT molecular complexity index is 509. The number of nitrogens with zero attached hydrogens (tertiary/aromatic N) is 2. The second-order valence-electron chi connectivity index (χ2n) is 5.97. The number of aliphatic imine (C=N–C) groups is 1. The van der Waals surface area contributed by atoms with E-state index in [0.717, 1.165) is 36.9 Å². The third kappa shape index (κ3) is 6.44. The average Bonchev–Trinajstić information content (AvgIpc) is 2.59. The summed E-state index contributed by atoms with van der Waals surface area (Å²) in [5.74, 6) is 2.07. The molecule has 136 valence electrons. The number of aliphatic hydroxyl groups excluding tert-OH is 1. The molecule has 0 aliphatic carbocycles. The summed E-state index contributed by atoms with van der Waals surface area (Å²) in [6.45, 7) is 9.68. The van der Waals surface area contributed by atoms with Gasteiger partial charge in [0.1, 0.15) is 0 Å². The van der Waals surface area contributed by atoms with Crippen molar-refractivity contribution in [3.63, 3.8) is 0 Å². The molecule has 0 spiro atoms. The molecule has 2 unspecified atom stereocenters. The van der Waals surface area contributed by atoms with Crippen LogP contribution in [0.3, 0.4) is 0 Å². The molecule has 4 nitrogen and oxygen atoms in total. The lowest BCUT2D eigenvalue weighted by Crippen LogP contribution is -2.48. The zero-order valence-corrected chi connectivity index (χ0v) is 18.0. The highest BCUT2D eigenvalue weighted by atomic mass is 127. The highest BCUT2D eigenvalue weighted by molar-refractivity contribution is 14.0. The molecule has 2 N–H and O–H groups in total. The van der Waals surface area contributed by atoms with Crippen LogP contribution in [0.4, 0.5) is 0 Å². The first-order valence-corrected chi connectivity index (χ1v) is 9.58. The minimum Gasteiger partial charge on any atom is -0.386 e. The summed E-state index contributed by atoms with van der Waals surface area (Å²) in [6.07, 6.45) is 0.637. The molecule has 1 aromatic rings. The molecule has 2 atom stereocenters. The van der Waals surface area contributed by atoms with Crippen LogP contribution in [0.2, 0.25) is 0 Å². The second-order valence-corrected chi connectivity index (χ2v) is 7.38. The van der Waals surface area contributed by atoms with E-state index in [1.54, 1.807) is 0 Å². The summed E-state index contributed by atoms with van der Waals surface area (Å²) in [5.41, 5.74) is 2.13. The van der Waals surface area contributed by atoms with Crippen molar-refractivity contribution in [2.45, 2.75) is 38.5 Å². The second kappa shape index (κ2) is 11.2. The van der Waals surface area contributed by atoms with Gasteiger partial charge in [0.2, 0.25) is 0 Å². The van der Waals surface area contributed by atoms with Gasteiger partial charge in [0.05, 0.1) is 12.6 Å². The van der Waals surface area contributed by atoms with Gasteiger partial charge in [-0.3, -0.25) is 4.99 Å². The number of nitrogens with one attached hydrogen (secondary N) is 1. The molecule has 2 rings (SSSR count). The smallest absolute Gasteiger partial charge is 0.194 e. The lowest BCUT2D eigenvalue weighted by molar-refractivity contribution is 0.186. The third-order valence-electron chi connectivity index (χ3n) is 4.10. The Morgan fingerprint density at radius 1 is 1.38 bits per heavy atom. The van der Waals surface area contributed by atoms with Crippen LogP contribution in [0.25, 0.3) is 0 Å². The van der Waals surface area contributed by atoms with E-state index in [0.29, 0.717) is 11.8 Å². The lowest BCUT2D eigenvalue weighted by Gasteiger charge is -2.34. The predicted molar refractivity (Wildman–Crippen MR) is 116 cm³/mol. The fourth-order valence-electron chi connectivity index (χ4n) is 2.65. The van der Waals surface area contributed by atoms with E-state index in [-0.39, 0.29) is 24.0 Å². The predicted octanol–water partition coefficient (Wildman–Crippen LogP) is 3.44. The fourth-order valence-corrected chi connectivity index (χ4v) is 3.83. The average molecular weight is 463 g/mol. The molecule has 6 heteroatoms. The van der Waals surface area contributed by atoms with Crippen molar-refractivity contribution in [3.05, 3.63) is 35.4 Å². The van der Waals surface area contributed by atoms with Gasteiger partial charge in [-0.15, -0.1) is 24.0 Å². The van der Waals surface area contributed by atoms with E-state index >= 15 is 0 Å². The molecule has 1 aromatic carbocycles. The lowest BCUT2D eigenvalue weighted by atomic mass is 10.1. The fraction of sp³-hybridized carbons (Fsp3) is 0.611. The minimum absolute atomic E-state index is 0. The maximum absolute atomic E-state index is 10.4. The summed E-state index contributed by atoms with van der Waals surface area (Å²) in [5, 5.41) is 14.4. The van der Waals surface area contributed by atoms with Crippen LogP contribution in [0.15, 0.2) is 29.3 Å². The number of rotatable bonds is 5. The number of halogens is 1. The summed E-state index contributed by atoms with van der Waals surface area (Å²) in [6, 6.07) is 8.02. The first-order valence-electron chi connectivity index (χ1n) is 8.53. The van der Waals surface area contributed by atoms with E-state index in [1.807, 2.05) is 24.3 Å². The number of aryl methyl sites for hydroxylation is 1. The van der Waals surface area contributed by atoms with Gasteiger partial charge in [-0.1, -0.05) is 36.8 Å². The van der Waals surface area contributed by atoms with Crippen LogP contribution in [0.1, 0.15) is 37.5 Å². The number of aliphatic hydroxyl groups is 1. The maximum Gasteiger partial charge on any atom is 0.194 e. The Labute approximate surface area is 167 Å². The number of thioether (sulfide) groups is 1. The van der Waals surface area contributed by atoms with E-state index in [9.17, 15) is 5.11 Å². The van der Waals surface area contributed by atoms with E-state index in [4.69, 9.17) is 0 Å². The van der Waals surface area contributed by atoms with Gasteiger partial charge in [-0.25, -0.2) is 0 Å². The van der Waals surface area contributed by atoms with Crippen molar-refractivity contribution in [2.24, 2.45) is 4.99 Å². The molecule has 1 aliphatic heterocycles. The standard InChI is InChI=1S/C18H29N3OS.HI/c1-4-16-13-21(10-11-23-16)18(19-5-2)20-12-17(22)15-8-6-14(3)7-9-15;/h6-9,16-17,22H,4-5,10-13H2,1-3H3,(H,19,20);1H. The SMILES string of the molecule is CCNC(=NCC(O)c1ccc(C)cc1)N1CCSC(CC)C1.I. The van der Waals surface area contributed by atoms with Crippen molar-refractivity contribution in [3.8, 4) is 0 Å². The Morgan fingerprint density at radius 3 is 2.71 bits per heavy atom. The van der Waals surface area contributed by atoms with Crippen LogP contribution in [0, 0.1) is 6.92 Å². The quantitative estimate of drug-likeness (QED) is 0.399. The topological polar surface area (TPSA) is 47.9 Å². The molecule has 24 heavy (non-hydrogen) atoms. The van der Waals surface area contributed by atoms with Crippen molar-refractivity contribution in [2.75, 3.05) is 31.9 Å². The van der Waals surface area contributed by atoms with Gasteiger partial charge in [-0.2, -0.15) is 11.8 Å². The van der Waals surface area contributed by atoms with Crippen molar-refractivity contribution in [1.29, 1.82) is 0 Å². The highest BCUT2D eigenvalue weighted by Crippen LogP contribution is 2.21. The molecule has 0 bridgehead atoms. The van der Waals surface area contributed by atoms with Gasteiger partial charge < -0.3 is 15.3 Å². The summed E-state index contributed by atoms with van der Waals surface area (Å²) >= 11 is 2.05. The molecular formula is C18H30IN3OS. The summed E-state index contributed by atoms with van der Waals surface area (Å²) in [4.78, 5) is 7.01. The van der Waals surface area contributed by atoms with Crippen LogP contribution in [-0.2, 0) is 0 Å². The summed E-state index contributed by atoms with van der Waals surface area (Å²) < 4.78 is 0. The molecule has 0 radical (unpaired) electrons. The maximum atomic E-state index is 10.4. The summed E-state index contributed by atoms with van der Waals surface area (Å²) in [7, 11) is 0. The van der Waals surface area contributed by atoms with E-state index in [2.05, 4.69) is 47.7 Å². The Hall–Kier alpha value is -0.470. The molecule has 1 fully saturated rings. The van der Waals surface area contributed by atoms with Crippen molar-refractivity contribution < 1.29 is 5.11 Å². The minimum atomic E-state index is -0.551. The van der Waals surface area contributed by atoms with Gasteiger partial charge in [0.15, 0.2) is 5.96 Å². The number of hydrogen-bond acceptors (Lipinski definition) is 3. The zero-order chi connectivity index (χ0) is 16.7. The Morgan fingerprint density at radius 2 is 2.08 bits per heavy atom. The highest BCUT2D eigenvalue weighted by Gasteiger charge is 2.21. The first kappa shape index (κ1) is 21.6. The van der Waals surface area contributed by atoms with Crippen molar-refractivity contribution >= 4 is 41.7 Å². The molecule has 0 amide bonds. The first-order chi connectivity index (χ1) is 11.1. The van der Waals surface area contributed by atoms with E-state index in [1.165, 1.54) is 12.0 Å².